The van der Waals surface area contributed by atoms with Gasteiger partial charge in [-0.05, 0) is 55.9 Å². The maximum absolute atomic E-state index is 12.9. The third-order valence-electron chi connectivity index (χ3n) is 5.00. The normalized spacial score (nSPS) is 17.8. The molecule has 4 rings (SSSR count). The fourth-order valence-corrected chi connectivity index (χ4v) is 4.27. The van der Waals surface area contributed by atoms with Crippen molar-refractivity contribution in [3.05, 3.63) is 30.1 Å². The SMILES string of the molecule is COc1ccc(NC(=O)C(Sc2nnc(C3CC3)n2C2CC2)C(C)C)cc1. The molecule has 2 aliphatic carbocycles. The van der Waals surface area contributed by atoms with Gasteiger partial charge in [0.1, 0.15) is 11.6 Å². The molecule has 1 N–H and O–H groups in total. The molecule has 0 bridgehead atoms. The van der Waals surface area contributed by atoms with Gasteiger partial charge in [-0.15, -0.1) is 10.2 Å². The van der Waals surface area contributed by atoms with Gasteiger partial charge in [-0.1, -0.05) is 25.6 Å². The molecule has 2 saturated carbocycles. The van der Waals surface area contributed by atoms with Crippen LogP contribution in [0, 0.1) is 5.92 Å². The molecule has 27 heavy (non-hydrogen) atoms. The van der Waals surface area contributed by atoms with E-state index in [1.54, 1.807) is 18.9 Å². The number of amides is 1. The van der Waals surface area contributed by atoms with Gasteiger partial charge >= 0.3 is 0 Å². The molecule has 1 heterocycles. The second kappa shape index (κ2) is 7.54. The Kier molecular flexibility index (Phi) is 5.12. The maximum Gasteiger partial charge on any atom is 0.238 e. The van der Waals surface area contributed by atoms with E-state index in [9.17, 15) is 4.79 Å². The minimum atomic E-state index is -0.221. The lowest BCUT2D eigenvalue weighted by Gasteiger charge is -2.20. The van der Waals surface area contributed by atoms with Crippen LogP contribution in [0.15, 0.2) is 29.4 Å². The molecule has 1 unspecified atom stereocenters. The summed E-state index contributed by atoms with van der Waals surface area (Å²) in [4.78, 5) is 12.9. The van der Waals surface area contributed by atoms with E-state index in [0.717, 1.165) is 22.4 Å². The Balaban J connectivity index is 1.50. The van der Waals surface area contributed by atoms with Crippen molar-refractivity contribution in [2.45, 2.75) is 61.9 Å². The van der Waals surface area contributed by atoms with Crippen molar-refractivity contribution < 1.29 is 9.53 Å². The Morgan fingerprint density at radius 1 is 1.19 bits per heavy atom. The highest BCUT2D eigenvalue weighted by molar-refractivity contribution is 8.00. The third kappa shape index (κ3) is 4.13. The number of rotatable bonds is 8. The number of anilines is 1. The largest absolute Gasteiger partial charge is 0.497 e. The van der Waals surface area contributed by atoms with E-state index in [-0.39, 0.29) is 17.1 Å². The summed E-state index contributed by atoms with van der Waals surface area (Å²) >= 11 is 1.55. The van der Waals surface area contributed by atoms with E-state index in [1.807, 2.05) is 24.3 Å². The fourth-order valence-electron chi connectivity index (χ4n) is 3.16. The summed E-state index contributed by atoms with van der Waals surface area (Å²) in [7, 11) is 1.63. The minimum Gasteiger partial charge on any atom is -0.497 e. The Labute approximate surface area is 164 Å². The van der Waals surface area contributed by atoms with Crippen LogP contribution in [0.1, 0.15) is 57.3 Å². The van der Waals surface area contributed by atoms with Crippen molar-refractivity contribution in [1.82, 2.24) is 14.8 Å². The van der Waals surface area contributed by atoms with Crippen LogP contribution >= 0.6 is 11.8 Å². The molecular formula is C20H26N4O2S. The summed E-state index contributed by atoms with van der Waals surface area (Å²) < 4.78 is 7.48. The standard InChI is InChI=1S/C20H26N4O2S/c1-12(2)17(19(25)21-14-6-10-16(26-3)11-7-14)27-20-23-22-18(13-4-5-13)24(20)15-8-9-15/h6-7,10-13,15,17H,4-5,8-9H2,1-3H3,(H,21,25). The Morgan fingerprint density at radius 3 is 2.44 bits per heavy atom. The van der Waals surface area contributed by atoms with Crippen LogP contribution < -0.4 is 10.1 Å². The number of aromatic nitrogens is 3. The number of nitrogens with one attached hydrogen (secondary N) is 1. The monoisotopic (exact) mass is 386 g/mol. The lowest BCUT2D eigenvalue weighted by atomic mass is 10.1. The fraction of sp³-hybridized carbons (Fsp3) is 0.550. The van der Waals surface area contributed by atoms with Crippen LogP contribution in [-0.2, 0) is 4.79 Å². The number of hydrogen-bond acceptors (Lipinski definition) is 5. The summed E-state index contributed by atoms with van der Waals surface area (Å²) in [5.41, 5.74) is 0.773. The molecule has 0 radical (unpaired) electrons. The van der Waals surface area contributed by atoms with Crippen LogP contribution in [-0.4, -0.2) is 33.0 Å². The van der Waals surface area contributed by atoms with Gasteiger partial charge in [0.2, 0.25) is 5.91 Å². The highest BCUT2D eigenvalue weighted by Gasteiger charge is 2.37. The van der Waals surface area contributed by atoms with Crippen LogP contribution in [0.3, 0.4) is 0 Å². The minimum absolute atomic E-state index is 0.00140. The van der Waals surface area contributed by atoms with Gasteiger partial charge < -0.3 is 14.6 Å². The second-order valence-electron chi connectivity index (χ2n) is 7.72. The van der Waals surface area contributed by atoms with E-state index in [4.69, 9.17) is 4.74 Å². The Bertz CT molecular complexity index is 810. The number of methoxy groups -OCH3 is 1. The second-order valence-corrected chi connectivity index (χ2v) is 8.83. The molecule has 144 valence electrons. The zero-order chi connectivity index (χ0) is 19.0. The predicted molar refractivity (Wildman–Crippen MR) is 106 cm³/mol. The van der Waals surface area contributed by atoms with E-state index in [1.165, 1.54) is 25.7 Å². The number of ether oxygens (including phenoxy) is 1. The molecule has 7 heteroatoms. The lowest BCUT2D eigenvalue weighted by Crippen LogP contribution is -2.30. The van der Waals surface area contributed by atoms with Gasteiger partial charge in [-0.2, -0.15) is 0 Å². The molecule has 2 fully saturated rings. The number of thioether (sulfide) groups is 1. The smallest absolute Gasteiger partial charge is 0.238 e. The predicted octanol–water partition coefficient (Wildman–Crippen LogP) is 4.25. The molecule has 6 nitrogen and oxygen atoms in total. The van der Waals surface area contributed by atoms with Crippen LogP contribution in [0.5, 0.6) is 5.75 Å². The van der Waals surface area contributed by atoms with E-state index >= 15 is 0 Å². The number of nitrogens with zero attached hydrogens (tertiary/aromatic N) is 3. The summed E-state index contributed by atoms with van der Waals surface area (Å²) in [5.74, 6) is 2.64. The van der Waals surface area contributed by atoms with Gasteiger partial charge in [0, 0.05) is 17.6 Å². The topological polar surface area (TPSA) is 69.0 Å². The van der Waals surface area contributed by atoms with Crippen LogP contribution in [0.2, 0.25) is 0 Å². The van der Waals surface area contributed by atoms with Crippen molar-refractivity contribution >= 4 is 23.4 Å². The number of carbonyl (C=O) groups excluding carboxylic acids is 1. The van der Waals surface area contributed by atoms with Gasteiger partial charge in [0.15, 0.2) is 5.16 Å². The molecular weight excluding hydrogens is 360 g/mol. The number of carbonyl (C=O) groups is 1. The molecule has 1 atom stereocenters. The van der Waals surface area contributed by atoms with Crippen molar-refractivity contribution in [3.63, 3.8) is 0 Å². The Morgan fingerprint density at radius 2 is 1.89 bits per heavy atom. The zero-order valence-corrected chi connectivity index (χ0v) is 16.8. The molecule has 0 spiro atoms. The summed E-state index contributed by atoms with van der Waals surface area (Å²) in [5, 5.41) is 12.6. The van der Waals surface area contributed by atoms with Crippen LogP contribution in [0.25, 0.3) is 0 Å². The van der Waals surface area contributed by atoms with Crippen molar-refractivity contribution in [3.8, 4) is 5.75 Å². The Hall–Kier alpha value is -2.02. The molecule has 1 amide bonds. The van der Waals surface area contributed by atoms with Gasteiger partial charge in [0.05, 0.1) is 12.4 Å². The number of benzene rings is 1. The first-order chi connectivity index (χ1) is 13.1. The highest BCUT2D eigenvalue weighted by atomic mass is 32.2. The first kappa shape index (κ1) is 18.3. The molecule has 0 aliphatic heterocycles. The van der Waals surface area contributed by atoms with Gasteiger partial charge in [0.25, 0.3) is 0 Å². The first-order valence-electron chi connectivity index (χ1n) is 9.63. The van der Waals surface area contributed by atoms with E-state index in [2.05, 4.69) is 33.9 Å². The van der Waals surface area contributed by atoms with E-state index in [0.29, 0.717) is 12.0 Å². The summed E-state index contributed by atoms with van der Waals surface area (Å²) in [6.45, 7) is 4.15. The molecule has 1 aromatic carbocycles. The van der Waals surface area contributed by atoms with Crippen LogP contribution in [0.4, 0.5) is 5.69 Å². The zero-order valence-electron chi connectivity index (χ0n) is 16.0. The molecule has 1 aromatic heterocycles. The quantitative estimate of drug-likeness (QED) is 0.687. The average molecular weight is 387 g/mol. The van der Waals surface area contributed by atoms with Gasteiger partial charge in [-0.3, -0.25) is 4.79 Å². The summed E-state index contributed by atoms with van der Waals surface area (Å²) in [6.07, 6.45) is 4.80. The molecule has 2 aliphatic rings. The van der Waals surface area contributed by atoms with Crippen molar-refractivity contribution in [2.24, 2.45) is 5.92 Å². The lowest BCUT2D eigenvalue weighted by molar-refractivity contribution is -0.116. The molecule has 2 aromatic rings. The first-order valence-corrected chi connectivity index (χ1v) is 10.5. The third-order valence-corrected chi connectivity index (χ3v) is 6.50. The van der Waals surface area contributed by atoms with Gasteiger partial charge in [-0.25, -0.2) is 0 Å². The average Bonchev–Trinajstić information content (AvgIpc) is 3.58. The maximum atomic E-state index is 12.9. The molecule has 0 saturated heterocycles. The van der Waals surface area contributed by atoms with E-state index < -0.39 is 0 Å². The van der Waals surface area contributed by atoms with Crippen molar-refractivity contribution in [2.75, 3.05) is 12.4 Å². The highest BCUT2D eigenvalue weighted by Crippen LogP contribution is 2.46. The summed E-state index contributed by atoms with van der Waals surface area (Å²) in [6, 6.07) is 7.93. The van der Waals surface area contributed by atoms with Crippen molar-refractivity contribution in [1.29, 1.82) is 0 Å². The number of hydrogen-bond donors (Lipinski definition) is 1.